The van der Waals surface area contributed by atoms with Gasteiger partial charge in [0, 0.05) is 19.3 Å². The van der Waals surface area contributed by atoms with E-state index in [1.165, 1.54) is 16.7 Å². The molecule has 0 saturated heterocycles. The predicted molar refractivity (Wildman–Crippen MR) is 73.4 cm³/mol. The molecule has 1 N–H and O–H groups in total. The smallest absolute Gasteiger partial charge is 0.0484 e. The summed E-state index contributed by atoms with van der Waals surface area (Å²) >= 11 is 0. The fourth-order valence-corrected chi connectivity index (χ4v) is 2.09. The van der Waals surface area contributed by atoms with Crippen molar-refractivity contribution in [1.82, 2.24) is 5.32 Å². The van der Waals surface area contributed by atoms with Gasteiger partial charge in [-0.2, -0.15) is 0 Å². The zero-order valence-electron chi connectivity index (χ0n) is 11.5. The fraction of sp³-hybridized carbons (Fsp3) is 0.600. The van der Waals surface area contributed by atoms with E-state index >= 15 is 0 Å². The van der Waals surface area contributed by atoms with E-state index in [9.17, 15) is 0 Å². The van der Waals surface area contributed by atoms with Gasteiger partial charge >= 0.3 is 0 Å². The van der Waals surface area contributed by atoms with Crippen LogP contribution in [0.4, 0.5) is 0 Å². The molecule has 1 aromatic rings. The van der Waals surface area contributed by atoms with E-state index in [4.69, 9.17) is 4.74 Å². The molecular weight excluding hydrogens is 210 g/mol. The summed E-state index contributed by atoms with van der Waals surface area (Å²) in [5.74, 6) is 0. The molecule has 1 rings (SSSR count). The standard InChI is InChI=1S/C15H25NO/c1-5-16-15(9-10-17-6-2)14-11-12(3)7-8-13(14)4/h7-8,11,15-16H,5-6,9-10H2,1-4H3. The van der Waals surface area contributed by atoms with E-state index in [1.807, 2.05) is 6.92 Å². The van der Waals surface area contributed by atoms with Crippen molar-refractivity contribution in [3.8, 4) is 0 Å². The zero-order chi connectivity index (χ0) is 12.7. The van der Waals surface area contributed by atoms with Crippen LogP contribution in [0.15, 0.2) is 18.2 Å². The maximum absolute atomic E-state index is 5.46. The Balaban J connectivity index is 2.77. The van der Waals surface area contributed by atoms with Crippen LogP contribution in [-0.4, -0.2) is 19.8 Å². The highest BCUT2D eigenvalue weighted by molar-refractivity contribution is 5.33. The van der Waals surface area contributed by atoms with Crippen molar-refractivity contribution >= 4 is 0 Å². The van der Waals surface area contributed by atoms with Gasteiger partial charge in [0.2, 0.25) is 0 Å². The van der Waals surface area contributed by atoms with Gasteiger partial charge in [-0.15, -0.1) is 0 Å². The summed E-state index contributed by atoms with van der Waals surface area (Å²) in [4.78, 5) is 0. The largest absolute Gasteiger partial charge is 0.382 e. The Morgan fingerprint density at radius 1 is 1.24 bits per heavy atom. The van der Waals surface area contributed by atoms with E-state index in [0.717, 1.165) is 26.2 Å². The minimum absolute atomic E-state index is 0.409. The summed E-state index contributed by atoms with van der Waals surface area (Å²) < 4.78 is 5.46. The van der Waals surface area contributed by atoms with Crippen LogP contribution in [0, 0.1) is 13.8 Å². The molecular formula is C15H25NO. The van der Waals surface area contributed by atoms with Crippen LogP contribution < -0.4 is 5.32 Å². The first-order valence-corrected chi connectivity index (χ1v) is 6.57. The molecule has 1 unspecified atom stereocenters. The van der Waals surface area contributed by atoms with Crippen LogP contribution in [0.3, 0.4) is 0 Å². The first kappa shape index (κ1) is 14.2. The molecule has 0 bridgehead atoms. The summed E-state index contributed by atoms with van der Waals surface area (Å²) in [7, 11) is 0. The van der Waals surface area contributed by atoms with Crippen LogP contribution in [0.5, 0.6) is 0 Å². The lowest BCUT2D eigenvalue weighted by molar-refractivity contribution is 0.136. The van der Waals surface area contributed by atoms with Crippen LogP contribution in [-0.2, 0) is 4.74 Å². The summed E-state index contributed by atoms with van der Waals surface area (Å²) in [5.41, 5.74) is 4.09. The van der Waals surface area contributed by atoms with Gasteiger partial charge in [0.15, 0.2) is 0 Å². The average Bonchev–Trinajstić information content (AvgIpc) is 2.32. The van der Waals surface area contributed by atoms with Crippen molar-refractivity contribution in [3.05, 3.63) is 34.9 Å². The van der Waals surface area contributed by atoms with Gasteiger partial charge in [-0.3, -0.25) is 0 Å². The molecule has 0 aliphatic carbocycles. The highest BCUT2D eigenvalue weighted by atomic mass is 16.5. The summed E-state index contributed by atoms with van der Waals surface area (Å²) in [6.07, 6.45) is 1.03. The number of ether oxygens (including phenoxy) is 1. The summed E-state index contributed by atoms with van der Waals surface area (Å²) in [6, 6.07) is 7.07. The van der Waals surface area contributed by atoms with Gasteiger partial charge in [-0.1, -0.05) is 30.7 Å². The lowest BCUT2D eigenvalue weighted by atomic mass is 9.97. The molecule has 0 radical (unpaired) electrons. The maximum Gasteiger partial charge on any atom is 0.0484 e. The monoisotopic (exact) mass is 235 g/mol. The SMILES string of the molecule is CCNC(CCOCC)c1cc(C)ccc1C. The van der Waals surface area contributed by atoms with E-state index in [0.29, 0.717) is 6.04 Å². The number of hydrogen-bond donors (Lipinski definition) is 1. The van der Waals surface area contributed by atoms with Gasteiger partial charge < -0.3 is 10.1 Å². The Kier molecular flexibility index (Phi) is 6.23. The molecule has 0 aliphatic heterocycles. The predicted octanol–water partition coefficient (Wildman–Crippen LogP) is 3.38. The molecule has 0 spiro atoms. The Bertz CT molecular complexity index is 336. The van der Waals surface area contributed by atoms with Crippen LogP contribution >= 0.6 is 0 Å². The second-order valence-corrected chi connectivity index (χ2v) is 4.46. The topological polar surface area (TPSA) is 21.3 Å². The Morgan fingerprint density at radius 2 is 2.00 bits per heavy atom. The molecule has 2 nitrogen and oxygen atoms in total. The molecule has 0 amide bonds. The zero-order valence-corrected chi connectivity index (χ0v) is 11.5. The third-order valence-corrected chi connectivity index (χ3v) is 3.02. The van der Waals surface area contributed by atoms with E-state index < -0.39 is 0 Å². The van der Waals surface area contributed by atoms with Gasteiger partial charge in [0.1, 0.15) is 0 Å². The Morgan fingerprint density at radius 3 is 2.65 bits per heavy atom. The molecule has 0 fully saturated rings. The minimum atomic E-state index is 0.409. The first-order chi connectivity index (χ1) is 8.19. The molecule has 0 saturated carbocycles. The third kappa shape index (κ3) is 4.49. The highest BCUT2D eigenvalue weighted by Crippen LogP contribution is 2.22. The van der Waals surface area contributed by atoms with E-state index in [-0.39, 0.29) is 0 Å². The number of rotatable bonds is 7. The van der Waals surface area contributed by atoms with Crippen molar-refractivity contribution < 1.29 is 4.74 Å². The van der Waals surface area contributed by atoms with Gasteiger partial charge in [0.25, 0.3) is 0 Å². The molecule has 1 atom stereocenters. The molecule has 2 heteroatoms. The number of hydrogen-bond acceptors (Lipinski definition) is 2. The molecule has 1 aromatic carbocycles. The molecule has 96 valence electrons. The average molecular weight is 235 g/mol. The van der Waals surface area contributed by atoms with Crippen LogP contribution in [0.25, 0.3) is 0 Å². The molecule has 0 aliphatic rings. The van der Waals surface area contributed by atoms with E-state index in [2.05, 4.69) is 44.3 Å². The number of nitrogens with one attached hydrogen (secondary N) is 1. The van der Waals surface area contributed by atoms with Crippen LogP contribution in [0.2, 0.25) is 0 Å². The highest BCUT2D eigenvalue weighted by Gasteiger charge is 2.12. The molecule has 17 heavy (non-hydrogen) atoms. The Hall–Kier alpha value is -0.860. The normalized spacial score (nSPS) is 12.7. The van der Waals surface area contributed by atoms with Crippen molar-refractivity contribution in [3.63, 3.8) is 0 Å². The second kappa shape index (κ2) is 7.46. The van der Waals surface area contributed by atoms with Crippen molar-refractivity contribution in [2.45, 2.75) is 40.2 Å². The molecule has 0 aromatic heterocycles. The summed E-state index contributed by atoms with van der Waals surface area (Å²) in [5, 5.41) is 3.55. The van der Waals surface area contributed by atoms with Crippen molar-refractivity contribution in [1.29, 1.82) is 0 Å². The van der Waals surface area contributed by atoms with Gasteiger partial charge in [-0.25, -0.2) is 0 Å². The van der Waals surface area contributed by atoms with Gasteiger partial charge in [0.05, 0.1) is 0 Å². The number of aryl methyl sites for hydroxylation is 2. The maximum atomic E-state index is 5.46. The second-order valence-electron chi connectivity index (χ2n) is 4.46. The first-order valence-electron chi connectivity index (χ1n) is 6.57. The molecule has 0 heterocycles. The quantitative estimate of drug-likeness (QED) is 0.732. The third-order valence-electron chi connectivity index (χ3n) is 3.02. The van der Waals surface area contributed by atoms with Crippen LogP contribution in [0.1, 0.15) is 43.0 Å². The number of benzene rings is 1. The Labute approximate surface area is 105 Å². The van der Waals surface area contributed by atoms with E-state index in [1.54, 1.807) is 0 Å². The summed E-state index contributed by atoms with van der Waals surface area (Å²) in [6.45, 7) is 11.1. The van der Waals surface area contributed by atoms with Crippen molar-refractivity contribution in [2.75, 3.05) is 19.8 Å². The van der Waals surface area contributed by atoms with Gasteiger partial charge in [-0.05, 0) is 44.9 Å². The van der Waals surface area contributed by atoms with Crippen molar-refractivity contribution in [2.24, 2.45) is 0 Å². The fourth-order valence-electron chi connectivity index (χ4n) is 2.09. The lowest BCUT2D eigenvalue weighted by Gasteiger charge is -2.21. The minimum Gasteiger partial charge on any atom is -0.382 e. The lowest BCUT2D eigenvalue weighted by Crippen LogP contribution is -2.23.